The maximum absolute atomic E-state index is 12.3. The largest absolute Gasteiger partial charge is 0.465 e. The second-order valence-electron chi connectivity index (χ2n) is 5.05. The minimum Gasteiger partial charge on any atom is -0.465 e. The van der Waals surface area contributed by atoms with Crippen molar-refractivity contribution in [2.75, 3.05) is 13.2 Å². The Hall–Kier alpha value is -2.93. The van der Waals surface area contributed by atoms with E-state index < -0.39 is 23.9 Å². The SMILES string of the molecule is CCOC(=O)[C@@H](NCC(=O)NC(N)=O)c1cccc2ccccc12. The van der Waals surface area contributed by atoms with Gasteiger partial charge in [0, 0.05) is 0 Å². The van der Waals surface area contributed by atoms with Crippen molar-refractivity contribution in [2.45, 2.75) is 13.0 Å². The molecule has 0 unspecified atom stereocenters. The van der Waals surface area contributed by atoms with Crippen molar-refractivity contribution in [1.82, 2.24) is 10.6 Å². The number of fused-ring (bicyclic) bond motifs is 1. The molecule has 7 nitrogen and oxygen atoms in total. The van der Waals surface area contributed by atoms with Crippen molar-refractivity contribution >= 4 is 28.7 Å². The van der Waals surface area contributed by atoms with Crippen LogP contribution < -0.4 is 16.4 Å². The highest BCUT2D eigenvalue weighted by atomic mass is 16.5. The zero-order valence-electron chi connectivity index (χ0n) is 13.2. The average molecular weight is 329 g/mol. The predicted molar refractivity (Wildman–Crippen MR) is 89.1 cm³/mol. The number of rotatable bonds is 6. The number of nitrogens with two attached hydrogens (primary N) is 1. The van der Waals surface area contributed by atoms with Crippen LogP contribution in [-0.4, -0.2) is 31.1 Å². The maximum atomic E-state index is 12.3. The molecule has 4 N–H and O–H groups in total. The lowest BCUT2D eigenvalue weighted by Crippen LogP contribution is -2.43. The van der Waals surface area contributed by atoms with E-state index in [-0.39, 0.29) is 13.2 Å². The predicted octanol–water partition coefficient (Wildman–Crippen LogP) is 1.23. The number of esters is 1. The number of benzene rings is 2. The summed E-state index contributed by atoms with van der Waals surface area (Å²) in [5, 5.41) is 6.61. The third kappa shape index (κ3) is 4.30. The highest BCUT2D eigenvalue weighted by molar-refractivity contribution is 5.95. The van der Waals surface area contributed by atoms with Crippen LogP contribution in [0.25, 0.3) is 10.8 Å². The molecule has 126 valence electrons. The van der Waals surface area contributed by atoms with Crippen molar-refractivity contribution < 1.29 is 19.1 Å². The summed E-state index contributed by atoms with van der Waals surface area (Å²) in [5.74, 6) is -1.13. The molecular formula is C17H19N3O4. The first kappa shape index (κ1) is 17.4. The van der Waals surface area contributed by atoms with Crippen LogP contribution in [-0.2, 0) is 14.3 Å². The number of primary amides is 1. The quantitative estimate of drug-likeness (QED) is 0.690. The number of carbonyl (C=O) groups excluding carboxylic acids is 3. The van der Waals surface area contributed by atoms with Crippen LogP contribution in [0.4, 0.5) is 4.79 Å². The number of urea groups is 1. The van der Waals surface area contributed by atoms with Gasteiger partial charge in [0.25, 0.3) is 0 Å². The minimum atomic E-state index is -0.945. The molecule has 0 bridgehead atoms. The van der Waals surface area contributed by atoms with Crippen LogP contribution in [0.15, 0.2) is 42.5 Å². The van der Waals surface area contributed by atoms with Gasteiger partial charge in [0.2, 0.25) is 5.91 Å². The zero-order valence-corrected chi connectivity index (χ0v) is 13.2. The molecule has 2 aromatic rings. The number of nitrogens with one attached hydrogen (secondary N) is 2. The Morgan fingerprint density at radius 1 is 1.12 bits per heavy atom. The van der Waals surface area contributed by atoms with Gasteiger partial charge in [-0.15, -0.1) is 0 Å². The molecule has 7 heteroatoms. The van der Waals surface area contributed by atoms with Crippen molar-refractivity contribution in [3.63, 3.8) is 0 Å². The van der Waals surface area contributed by atoms with Gasteiger partial charge in [0.15, 0.2) is 0 Å². The molecular weight excluding hydrogens is 310 g/mol. The Bertz CT molecular complexity index is 755. The summed E-state index contributed by atoms with van der Waals surface area (Å²) in [4.78, 5) is 34.6. The molecule has 0 saturated heterocycles. The topological polar surface area (TPSA) is 111 Å². The van der Waals surface area contributed by atoms with E-state index in [0.717, 1.165) is 10.8 Å². The fraction of sp³-hybridized carbons (Fsp3) is 0.235. The Balaban J connectivity index is 2.30. The average Bonchev–Trinajstić information content (AvgIpc) is 2.55. The summed E-state index contributed by atoms with van der Waals surface area (Å²) < 4.78 is 5.10. The van der Waals surface area contributed by atoms with E-state index in [1.165, 1.54) is 0 Å². The third-order valence-electron chi connectivity index (χ3n) is 3.39. The molecule has 0 radical (unpaired) electrons. The molecule has 0 spiro atoms. The van der Waals surface area contributed by atoms with E-state index in [0.29, 0.717) is 5.56 Å². The van der Waals surface area contributed by atoms with Gasteiger partial charge < -0.3 is 10.5 Å². The van der Waals surface area contributed by atoms with Crippen LogP contribution >= 0.6 is 0 Å². The Labute approximate surface area is 139 Å². The fourth-order valence-electron chi connectivity index (χ4n) is 2.42. The first-order chi connectivity index (χ1) is 11.5. The molecule has 0 saturated carbocycles. The molecule has 0 aromatic heterocycles. The lowest BCUT2D eigenvalue weighted by atomic mass is 9.98. The molecule has 0 heterocycles. The first-order valence-electron chi connectivity index (χ1n) is 7.50. The van der Waals surface area contributed by atoms with Gasteiger partial charge in [0.1, 0.15) is 6.04 Å². The highest BCUT2D eigenvalue weighted by Gasteiger charge is 2.24. The number of ether oxygens (including phenoxy) is 1. The van der Waals surface area contributed by atoms with E-state index in [4.69, 9.17) is 10.5 Å². The smallest absolute Gasteiger partial charge is 0.327 e. The lowest BCUT2D eigenvalue weighted by molar-refractivity contribution is -0.145. The van der Waals surface area contributed by atoms with Crippen LogP contribution in [0.1, 0.15) is 18.5 Å². The normalized spacial score (nSPS) is 11.7. The van der Waals surface area contributed by atoms with Gasteiger partial charge in [0.05, 0.1) is 13.2 Å². The second-order valence-corrected chi connectivity index (χ2v) is 5.05. The van der Waals surface area contributed by atoms with Crippen LogP contribution in [0, 0.1) is 0 Å². The fourth-order valence-corrected chi connectivity index (χ4v) is 2.42. The van der Waals surface area contributed by atoms with E-state index in [1.807, 2.05) is 41.7 Å². The summed E-state index contributed by atoms with van der Waals surface area (Å²) >= 11 is 0. The third-order valence-corrected chi connectivity index (χ3v) is 3.39. The standard InChI is InChI=1S/C17H19N3O4/c1-2-24-16(22)15(19-10-14(21)20-17(18)23)13-9-5-7-11-6-3-4-8-12(11)13/h3-9,15,19H,2,10H2,1H3,(H3,18,20,21,23)/t15-/m0/s1. The zero-order chi connectivity index (χ0) is 17.5. The second kappa shape index (κ2) is 8.07. The monoisotopic (exact) mass is 329 g/mol. The molecule has 3 amide bonds. The minimum absolute atomic E-state index is 0.218. The van der Waals surface area contributed by atoms with Gasteiger partial charge in [-0.25, -0.2) is 9.59 Å². The molecule has 0 aliphatic carbocycles. The van der Waals surface area contributed by atoms with Crippen molar-refractivity contribution in [3.05, 3.63) is 48.0 Å². The Morgan fingerprint density at radius 3 is 2.54 bits per heavy atom. The van der Waals surface area contributed by atoms with Gasteiger partial charge in [-0.05, 0) is 23.3 Å². The van der Waals surface area contributed by atoms with Crippen LogP contribution in [0.3, 0.4) is 0 Å². The van der Waals surface area contributed by atoms with E-state index in [2.05, 4.69) is 5.32 Å². The maximum Gasteiger partial charge on any atom is 0.327 e. The van der Waals surface area contributed by atoms with Gasteiger partial charge in [-0.3, -0.25) is 15.4 Å². The van der Waals surface area contributed by atoms with Crippen molar-refractivity contribution in [2.24, 2.45) is 5.73 Å². The molecule has 2 rings (SSSR count). The number of carbonyl (C=O) groups is 3. The van der Waals surface area contributed by atoms with Crippen LogP contribution in [0.5, 0.6) is 0 Å². The molecule has 0 fully saturated rings. The molecule has 0 aliphatic heterocycles. The van der Waals surface area contributed by atoms with E-state index in [9.17, 15) is 14.4 Å². The van der Waals surface area contributed by atoms with Crippen LogP contribution in [0.2, 0.25) is 0 Å². The molecule has 24 heavy (non-hydrogen) atoms. The molecule has 2 aromatic carbocycles. The van der Waals surface area contributed by atoms with Gasteiger partial charge in [-0.2, -0.15) is 0 Å². The summed E-state index contributed by atoms with van der Waals surface area (Å²) in [6, 6.07) is 11.4. The van der Waals surface area contributed by atoms with E-state index in [1.54, 1.807) is 13.0 Å². The lowest BCUT2D eigenvalue weighted by Gasteiger charge is -2.19. The molecule has 1 atom stereocenters. The Morgan fingerprint density at radius 2 is 1.83 bits per heavy atom. The highest BCUT2D eigenvalue weighted by Crippen LogP contribution is 2.25. The summed E-state index contributed by atoms with van der Waals surface area (Å²) in [6.45, 7) is 1.67. The summed E-state index contributed by atoms with van der Waals surface area (Å²) in [6.07, 6.45) is 0. The number of imide groups is 1. The number of hydrogen-bond acceptors (Lipinski definition) is 5. The summed E-state index contributed by atoms with van der Waals surface area (Å²) in [5.41, 5.74) is 5.60. The van der Waals surface area contributed by atoms with Gasteiger partial charge >= 0.3 is 12.0 Å². The molecule has 0 aliphatic rings. The number of hydrogen-bond donors (Lipinski definition) is 3. The van der Waals surface area contributed by atoms with Gasteiger partial charge in [-0.1, -0.05) is 42.5 Å². The van der Waals surface area contributed by atoms with Crippen molar-refractivity contribution in [3.8, 4) is 0 Å². The van der Waals surface area contributed by atoms with Crippen molar-refractivity contribution in [1.29, 1.82) is 0 Å². The van der Waals surface area contributed by atoms with E-state index >= 15 is 0 Å². The Kier molecular flexibility index (Phi) is 5.86. The summed E-state index contributed by atoms with van der Waals surface area (Å²) in [7, 11) is 0. The number of amides is 3. The first-order valence-corrected chi connectivity index (χ1v) is 7.50.